The number of nitrogens with zero attached hydrogens (tertiary/aromatic N) is 3. The summed E-state index contributed by atoms with van der Waals surface area (Å²) in [5.41, 5.74) is 1.38. The zero-order chi connectivity index (χ0) is 14.8. The fourth-order valence-electron chi connectivity index (χ4n) is 2.27. The van der Waals surface area contributed by atoms with E-state index in [0.717, 1.165) is 43.0 Å². The molecule has 5 heteroatoms. The van der Waals surface area contributed by atoms with Crippen molar-refractivity contribution < 1.29 is 0 Å². The molecule has 0 aliphatic carbocycles. The third-order valence-corrected chi connectivity index (χ3v) is 3.96. The number of rotatable bonds is 3. The van der Waals surface area contributed by atoms with E-state index in [1.54, 1.807) is 0 Å². The van der Waals surface area contributed by atoms with Crippen molar-refractivity contribution in [2.24, 2.45) is 0 Å². The van der Waals surface area contributed by atoms with Gasteiger partial charge in [-0.25, -0.2) is 4.98 Å². The lowest BCUT2D eigenvalue weighted by Crippen LogP contribution is -2.45. The highest BCUT2D eigenvalue weighted by molar-refractivity contribution is 9.10. The van der Waals surface area contributed by atoms with Crippen LogP contribution in [0.3, 0.4) is 0 Å². The average molecular weight is 341 g/mol. The van der Waals surface area contributed by atoms with E-state index < -0.39 is 0 Å². The highest BCUT2D eigenvalue weighted by atomic mass is 79.9. The number of anilines is 1. The van der Waals surface area contributed by atoms with Gasteiger partial charge in [-0.05, 0) is 49.8 Å². The number of pyridine rings is 1. The van der Waals surface area contributed by atoms with E-state index in [1.165, 1.54) is 5.56 Å². The zero-order valence-electron chi connectivity index (χ0n) is 12.9. The van der Waals surface area contributed by atoms with Crippen molar-refractivity contribution in [3.8, 4) is 0 Å². The molecule has 1 aliphatic heterocycles. The molecule has 1 aromatic rings. The molecule has 0 atom stereocenters. The van der Waals surface area contributed by atoms with Gasteiger partial charge in [0.15, 0.2) is 0 Å². The first kappa shape index (κ1) is 15.7. The van der Waals surface area contributed by atoms with Crippen molar-refractivity contribution in [3.05, 3.63) is 22.3 Å². The predicted octanol–water partition coefficient (Wildman–Crippen LogP) is 2.48. The van der Waals surface area contributed by atoms with Crippen LogP contribution in [0.5, 0.6) is 0 Å². The zero-order valence-corrected chi connectivity index (χ0v) is 14.5. The van der Waals surface area contributed by atoms with Crippen molar-refractivity contribution in [1.82, 2.24) is 15.2 Å². The Kier molecular flexibility index (Phi) is 5.04. The normalized spacial score (nSPS) is 17.6. The van der Waals surface area contributed by atoms with Gasteiger partial charge < -0.3 is 15.1 Å². The van der Waals surface area contributed by atoms with E-state index in [1.807, 2.05) is 6.20 Å². The van der Waals surface area contributed by atoms with Gasteiger partial charge in [0.1, 0.15) is 5.82 Å². The minimum absolute atomic E-state index is 0.113. The Bertz CT molecular complexity index is 448. The van der Waals surface area contributed by atoms with E-state index in [2.05, 4.69) is 69.9 Å². The second-order valence-corrected chi connectivity index (χ2v) is 7.45. The molecular weight excluding hydrogens is 316 g/mol. The highest BCUT2D eigenvalue weighted by Gasteiger charge is 2.19. The number of hydrogen-bond donors (Lipinski definition) is 1. The van der Waals surface area contributed by atoms with Crippen LogP contribution in [0.25, 0.3) is 0 Å². The maximum atomic E-state index is 4.65. The summed E-state index contributed by atoms with van der Waals surface area (Å²) < 4.78 is 1.04. The van der Waals surface area contributed by atoms with Crippen LogP contribution in [0.15, 0.2) is 16.7 Å². The van der Waals surface area contributed by atoms with Crippen LogP contribution in [-0.2, 0) is 6.54 Å². The monoisotopic (exact) mass is 340 g/mol. The minimum atomic E-state index is 0.113. The standard InChI is InChI=1S/C15H25BrN4/c1-15(2,3)18-10-12-9-13(16)11-17-14(12)20-7-5-19(4)6-8-20/h9,11,18H,5-8,10H2,1-4H3. The fraction of sp³-hybridized carbons (Fsp3) is 0.667. The van der Waals surface area contributed by atoms with Crippen molar-refractivity contribution in [2.75, 3.05) is 38.1 Å². The third kappa shape index (κ3) is 4.43. The molecule has 0 aromatic carbocycles. The summed E-state index contributed by atoms with van der Waals surface area (Å²) in [6, 6.07) is 2.18. The molecule has 1 saturated heterocycles. The van der Waals surface area contributed by atoms with Crippen molar-refractivity contribution >= 4 is 21.7 Å². The van der Waals surface area contributed by atoms with Crippen LogP contribution in [0.1, 0.15) is 26.3 Å². The lowest BCUT2D eigenvalue weighted by atomic mass is 10.1. The van der Waals surface area contributed by atoms with Crippen LogP contribution in [0, 0.1) is 0 Å². The summed E-state index contributed by atoms with van der Waals surface area (Å²) in [6.07, 6.45) is 1.90. The van der Waals surface area contributed by atoms with Gasteiger partial charge in [-0.1, -0.05) is 0 Å². The van der Waals surface area contributed by atoms with E-state index in [0.29, 0.717) is 0 Å². The molecule has 0 bridgehead atoms. The van der Waals surface area contributed by atoms with Crippen LogP contribution >= 0.6 is 15.9 Å². The molecule has 1 aromatic heterocycles. The number of likely N-dealkylation sites (N-methyl/N-ethyl adjacent to an activating group) is 1. The number of nitrogens with one attached hydrogen (secondary N) is 1. The Morgan fingerprint density at radius 3 is 2.50 bits per heavy atom. The van der Waals surface area contributed by atoms with Gasteiger partial charge in [-0.15, -0.1) is 0 Å². The van der Waals surface area contributed by atoms with E-state index >= 15 is 0 Å². The summed E-state index contributed by atoms with van der Waals surface area (Å²) in [5.74, 6) is 1.12. The minimum Gasteiger partial charge on any atom is -0.354 e. The van der Waals surface area contributed by atoms with E-state index in [-0.39, 0.29) is 5.54 Å². The van der Waals surface area contributed by atoms with Gasteiger partial charge in [-0.3, -0.25) is 0 Å². The number of aromatic nitrogens is 1. The maximum Gasteiger partial charge on any atom is 0.133 e. The second kappa shape index (κ2) is 6.41. The van der Waals surface area contributed by atoms with E-state index in [4.69, 9.17) is 0 Å². The summed E-state index contributed by atoms with van der Waals surface area (Å²) >= 11 is 3.53. The topological polar surface area (TPSA) is 31.4 Å². The predicted molar refractivity (Wildman–Crippen MR) is 88.2 cm³/mol. The highest BCUT2D eigenvalue weighted by Crippen LogP contribution is 2.23. The van der Waals surface area contributed by atoms with Crippen molar-refractivity contribution in [2.45, 2.75) is 32.9 Å². The van der Waals surface area contributed by atoms with Crippen molar-refractivity contribution in [3.63, 3.8) is 0 Å². The van der Waals surface area contributed by atoms with Gasteiger partial charge in [0.05, 0.1) is 0 Å². The fourth-order valence-corrected chi connectivity index (χ4v) is 2.65. The number of hydrogen-bond acceptors (Lipinski definition) is 4. The summed E-state index contributed by atoms with van der Waals surface area (Å²) in [5, 5.41) is 3.56. The Balaban J connectivity index is 2.15. The number of halogens is 1. The molecule has 0 unspecified atom stereocenters. The molecule has 1 aliphatic rings. The first-order chi connectivity index (χ1) is 9.35. The molecule has 20 heavy (non-hydrogen) atoms. The van der Waals surface area contributed by atoms with Gasteiger partial charge in [0, 0.05) is 54.5 Å². The molecule has 0 saturated carbocycles. The van der Waals surface area contributed by atoms with Gasteiger partial charge >= 0.3 is 0 Å². The third-order valence-electron chi connectivity index (χ3n) is 3.52. The lowest BCUT2D eigenvalue weighted by Gasteiger charge is -2.34. The van der Waals surface area contributed by atoms with Crippen LogP contribution in [-0.4, -0.2) is 48.6 Å². The van der Waals surface area contributed by atoms with Gasteiger partial charge in [-0.2, -0.15) is 0 Å². The number of piperazine rings is 1. The molecule has 1 fully saturated rings. The molecule has 0 radical (unpaired) electrons. The molecular formula is C15H25BrN4. The molecule has 4 nitrogen and oxygen atoms in total. The lowest BCUT2D eigenvalue weighted by molar-refractivity contribution is 0.311. The average Bonchev–Trinajstić information content (AvgIpc) is 2.37. The molecule has 2 heterocycles. The van der Waals surface area contributed by atoms with Crippen LogP contribution in [0.2, 0.25) is 0 Å². The maximum absolute atomic E-state index is 4.65. The SMILES string of the molecule is CN1CCN(c2ncc(Br)cc2CNC(C)(C)C)CC1. The Labute approximate surface area is 130 Å². The summed E-state index contributed by atoms with van der Waals surface area (Å²) in [4.78, 5) is 9.41. The molecule has 0 amide bonds. The van der Waals surface area contributed by atoms with Crippen molar-refractivity contribution in [1.29, 1.82) is 0 Å². The van der Waals surface area contributed by atoms with Crippen LogP contribution < -0.4 is 10.2 Å². The Morgan fingerprint density at radius 1 is 1.25 bits per heavy atom. The Morgan fingerprint density at radius 2 is 1.90 bits per heavy atom. The van der Waals surface area contributed by atoms with E-state index in [9.17, 15) is 0 Å². The van der Waals surface area contributed by atoms with Gasteiger partial charge in [0.25, 0.3) is 0 Å². The molecule has 1 N–H and O–H groups in total. The smallest absolute Gasteiger partial charge is 0.133 e. The van der Waals surface area contributed by atoms with Gasteiger partial charge in [0.2, 0.25) is 0 Å². The Hall–Kier alpha value is -0.650. The second-order valence-electron chi connectivity index (χ2n) is 6.53. The van der Waals surface area contributed by atoms with Crippen LogP contribution in [0.4, 0.5) is 5.82 Å². The summed E-state index contributed by atoms with van der Waals surface area (Å²) in [7, 11) is 2.18. The largest absolute Gasteiger partial charge is 0.354 e. The quantitative estimate of drug-likeness (QED) is 0.915. The molecule has 2 rings (SSSR count). The molecule has 0 spiro atoms. The first-order valence-electron chi connectivity index (χ1n) is 7.18. The summed E-state index contributed by atoms with van der Waals surface area (Å²) in [6.45, 7) is 11.7. The molecule has 112 valence electrons. The first-order valence-corrected chi connectivity index (χ1v) is 7.97.